The van der Waals surface area contributed by atoms with Crippen molar-refractivity contribution in [3.8, 4) is 0 Å². The minimum absolute atomic E-state index is 0.257. The number of benzene rings is 1. The van der Waals surface area contributed by atoms with Gasteiger partial charge in [0.2, 0.25) is 5.91 Å². The highest BCUT2D eigenvalue weighted by Crippen LogP contribution is 2.15. The lowest BCUT2D eigenvalue weighted by Crippen LogP contribution is -2.51. The summed E-state index contributed by atoms with van der Waals surface area (Å²) in [6.07, 6.45) is 2.42. The molecule has 0 unspecified atom stereocenters. The zero-order valence-electron chi connectivity index (χ0n) is 15.1. The molecule has 0 saturated heterocycles. The molecule has 0 aliphatic rings. The quantitative estimate of drug-likeness (QED) is 0.500. The highest BCUT2D eigenvalue weighted by Gasteiger charge is 2.25. The molecule has 150 valence electrons. The Bertz CT molecular complexity index is 929. The Hall–Kier alpha value is -2.88. The van der Waals surface area contributed by atoms with E-state index < -0.39 is 41.9 Å². The van der Waals surface area contributed by atoms with Crippen LogP contribution in [0.25, 0.3) is 10.9 Å². The fraction of sp³-hybridized carbons (Fsp3) is 0.389. The molecule has 0 radical (unpaired) electrons. The van der Waals surface area contributed by atoms with Crippen LogP contribution in [-0.2, 0) is 14.4 Å². The molecular formula is C18H19N3O6S-2. The summed E-state index contributed by atoms with van der Waals surface area (Å²) in [5.41, 5.74) is 0.0564. The first-order chi connectivity index (χ1) is 13.3. The van der Waals surface area contributed by atoms with E-state index in [2.05, 4.69) is 10.3 Å². The molecule has 0 aliphatic carbocycles. The van der Waals surface area contributed by atoms with Crippen LogP contribution in [0.5, 0.6) is 0 Å². The molecule has 1 aromatic heterocycles. The molecule has 9 nitrogen and oxygen atoms in total. The number of nitrogens with one attached hydrogen (secondary N) is 1. The lowest BCUT2D eigenvalue weighted by molar-refractivity contribution is -0.310. The van der Waals surface area contributed by atoms with Crippen molar-refractivity contribution in [1.82, 2.24) is 14.9 Å². The van der Waals surface area contributed by atoms with E-state index in [0.29, 0.717) is 16.7 Å². The summed E-state index contributed by atoms with van der Waals surface area (Å²) in [6.45, 7) is 0. The second-order valence-electron chi connectivity index (χ2n) is 6.06. The molecule has 2 rings (SSSR count). The van der Waals surface area contributed by atoms with E-state index in [0.717, 1.165) is 0 Å². The average molecular weight is 405 g/mol. The van der Waals surface area contributed by atoms with Gasteiger partial charge in [-0.1, -0.05) is 12.1 Å². The Morgan fingerprint density at radius 3 is 2.57 bits per heavy atom. The molecule has 1 aromatic carbocycles. The molecule has 28 heavy (non-hydrogen) atoms. The van der Waals surface area contributed by atoms with Crippen LogP contribution < -0.4 is 21.1 Å². The summed E-state index contributed by atoms with van der Waals surface area (Å²) in [7, 11) is 0. The maximum atomic E-state index is 12.8. The maximum absolute atomic E-state index is 12.8. The standard InChI is InChI=1S/C18H21N3O6S/c1-28-9-8-14(16(24)20-13(18(26)27)6-7-15(22)23)21-10-19-12-5-3-2-4-11(12)17(21)25/h2-5,10,13-14H,6-9H2,1H3,(H,20,24)(H,22,23)(H,26,27)/p-2/t13-,14-/m0/s1. The van der Waals surface area contributed by atoms with Crippen LogP contribution in [-0.4, -0.2) is 45.4 Å². The van der Waals surface area contributed by atoms with E-state index in [1.54, 1.807) is 24.3 Å². The fourth-order valence-corrected chi connectivity index (χ4v) is 3.17. The van der Waals surface area contributed by atoms with Crippen molar-refractivity contribution in [2.75, 3.05) is 12.0 Å². The van der Waals surface area contributed by atoms with Crippen molar-refractivity contribution < 1.29 is 24.6 Å². The number of nitrogens with zero attached hydrogens (tertiary/aromatic N) is 2. The summed E-state index contributed by atoms with van der Waals surface area (Å²) >= 11 is 1.46. The summed E-state index contributed by atoms with van der Waals surface area (Å²) in [5.74, 6) is -3.23. The highest BCUT2D eigenvalue weighted by molar-refractivity contribution is 7.98. The molecule has 0 saturated carbocycles. The molecule has 1 amide bonds. The van der Waals surface area contributed by atoms with E-state index in [1.807, 2.05) is 6.26 Å². The Kier molecular flexibility index (Phi) is 7.56. The van der Waals surface area contributed by atoms with Gasteiger partial charge in [0.15, 0.2) is 0 Å². The molecule has 2 atom stereocenters. The molecule has 10 heteroatoms. The van der Waals surface area contributed by atoms with Crippen LogP contribution in [0.3, 0.4) is 0 Å². The number of fused-ring (bicyclic) bond motifs is 1. The molecule has 1 N–H and O–H groups in total. The predicted molar refractivity (Wildman–Crippen MR) is 99.2 cm³/mol. The average Bonchev–Trinajstić information content (AvgIpc) is 2.66. The first-order valence-electron chi connectivity index (χ1n) is 8.51. The van der Waals surface area contributed by atoms with Crippen LogP contribution in [0.4, 0.5) is 0 Å². The number of carboxylic acids is 2. The number of hydrogen-bond acceptors (Lipinski definition) is 8. The summed E-state index contributed by atoms with van der Waals surface area (Å²) in [5, 5.41) is 24.4. The largest absolute Gasteiger partial charge is 0.550 e. The van der Waals surface area contributed by atoms with E-state index in [4.69, 9.17) is 0 Å². The van der Waals surface area contributed by atoms with Crippen molar-refractivity contribution in [3.05, 3.63) is 40.9 Å². The third-order valence-corrected chi connectivity index (χ3v) is 4.81. The van der Waals surface area contributed by atoms with Crippen LogP contribution >= 0.6 is 11.8 Å². The number of hydrogen-bond donors (Lipinski definition) is 1. The van der Waals surface area contributed by atoms with Crippen molar-refractivity contribution >= 4 is 40.5 Å². The maximum Gasteiger partial charge on any atom is 0.261 e. The van der Waals surface area contributed by atoms with Crippen LogP contribution in [0.15, 0.2) is 35.4 Å². The first-order valence-corrected chi connectivity index (χ1v) is 9.90. The third-order valence-electron chi connectivity index (χ3n) is 4.16. The summed E-state index contributed by atoms with van der Waals surface area (Å²) in [4.78, 5) is 51.5. The molecule has 0 bridgehead atoms. The number of para-hydroxylation sites is 1. The van der Waals surface area contributed by atoms with Crippen LogP contribution in [0, 0.1) is 0 Å². The molecule has 2 aromatic rings. The van der Waals surface area contributed by atoms with E-state index in [9.17, 15) is 29.4 Å². The Morgan fingerprint density at radius 2 is 1.93 bits per heavy atom. The van der Waals surface area contributed by atoms with Crippen molar-refractivity contribution in [2.45, 2.75) is 31.3 Å². The van der Waals surface area contributed by atoms with Gasteiger partial charge in [-0.15, -0.1) is 0 Å². The van der Waals surface area contributed by atoms with Gasteiger partial charge >= 0.3 is 0 Å². The van der Waals surface area contributed by atoms with Gasteiger partial charge in [-0.25, -0.2) is 4.98 Å². The predicted octanol–water partition coefficient (Wildman–Crippen LogP) is -1.54. The highest BCUT2D eigenvalue weighted by atomic mass is 32.2. The zero-order chi connectivity index (χ0) is 20.7. The van der Waals surface area contributed by atoms with Gasteiger partial charge in [0.1, 0.15) is 6.04 Å². The number of thioether (sulfide) groups is 1. The van der Waals surface area contributed by atoms with E-state index in [-0.39, 0.29) is 12.8 Å². The zero-order valence-corrected chi connectivity index (χ0v) is 15.9. The molecule has 0 aliphatic heterocycles. The topological polar surface area (TPSA) is 144 Å². The lowest BCUT2D eigenvalue weighted by atomic mass is 10.1. The molecule has 0 fully saturated rings. The van der Waals surface area contributed by atoms with Crippen LogP contribution in [0.1, 0.15) is 25.3 Å². The summed E-state index contributed by atoms with van der Waals surface area (Å²) in [6, 6.07) is 4.17. The van der Waals surface area contributed by atoms with Gasteiger partial charge < -0.3 is 25.1 Å². The second-order valence-corrected chi connectivity index (χ2v) is 7.05. The molecule has 1 heterocycles. The minimum Gasteiger partial charge on any atom is -0.550 e. The number of carboxylic acid groups (broad SMARTS) is 2. The SMILES string of the molecule is CSCC[C@@H](C(=O)N[C@@H](CCC(=O)[O-])C(=O)[O-])n1cnc2ccccc2c1=O. The fourth-order valence-electron chi connectivity index (χ4n) is 2.71. The Balaban J connectivity index is 2.33. The van der Waals surface area contributed by atoms with Crippen molar-refractivity contribution in [2.24, 2.45) is 0 Å². The minimum atomic E-state index is -1.61. The first kappa shape index (κ1) is 21.4. The van der Waals surface area contributed by atoms with Gasteiger partial charge in [-0.2, -0.15) is 11.8 Å². The van der Waals surface area contributed by atoms with Crippen molar-refractivity contribution in [1.29, 1.82) is 0 Å². The van der Waals surface area contributed by atoms with Gasteiger partial charge in [-0.05, 0) is 43.4 Å². The smallest absolute Gasteiger partial charge is 0.261 e. The summed E-state index contributed by atoms with van der Waals surface area (Å²) < 4.78 is 1.17. The van der Waals surface area contributed by atoms with Gasteiger partial charge in [0.25, 0.3) is 5.56 Å². The van der Waals surface area contributed by atoms with Crippen LogP contribution in [0.2, 0.25) is 0 Å². The van der Waals surface area contributed by atoms with Gasteiger partial charge in [0.05, 0.1) is 29.2 Å². The lowest BCUT2D eigenvalue weighted by Gasteiger charge is -2.24. The number of amides is 1. The van der Waals surface area contributed by atoms with E-state index >= 15 is 0 Å². The number of rotatable bonds is 10. The molecular weight excluding hydrogens is 386 g/mol. The monoisotopic (exact) mass is 405 g/mol. The van der Waals surface area contributed by atoms with E-state index in [1.165, 1.54) is 22.7 Å². The van der Waals surface area contributed by atoms with Gasteiger partial charge in [-0.3, -0.25) is 14.2 Å². The van der Waals surface area contributed by atoms with Gasteiger partial charge in [0, 0.05) is 5.97 Å². The number of aliphatic carboxylic acids is 2. The Labute approximate surface area is 164 Å². The van der Waals surface area contributed by atoms with Crippen molar-refractivity contribution in [3.63, 3.8) is 0 Å². The number of carbonyl (C=O) groups is 3. The third kappa shape index (κ3) is 5.32. The second kappa shape index (κ2) is 9.88. The normalized spacial score (nSPS) is 13.0. The number of carbonyl (C=O) groups excluding carboxylic acids is 3. The Morgan fingerprint density at radius 1 is 1.21 bits per heavy atom. The number of aromatic nitrogens is 2. The molecule has 0 spiro atoms.